The van der Waals surface area contributed by atoms with Crippen LogP contribution in [0.1, 0.15) is 24.3 Å². The lowest BCUT2D eigenvalue weighted by molar-refractivity contribution is 0.254. The van der Waals surface area contributed by atoms with Gasteiger partial charge < -0.3 is 16.0 Å². The molecule has 2 aromatic rings. The Bertz CT molecular complexity index is 537. The second-order valence-corrected chi connectivity index (χ2v) is 5.38. The molecule has 3 N–H and O–H groups in total. The minimum absolute atomic E-state index is 0.212. The first-order valence-electron chi connectivity index (χ1n) is 6.61. The molecule has 20 heavy (non-hydrogen) atoms. The van der Waals surface area contributed by atoms with Crippen LogP contribution in [0.5, 0.6) is 0 Å². The Balaban J connectivity index is 2.01. The third kappa shape index (κ3) is 3.74. The molecule has 1 unspecified atom stereocenters. The quantitative estimate of drug-likeness (QED) is 0.777. The number of carbonyl (C=O) groups excluding carboxylic acids is 1. The predicted octanol–water partition coefficient (Wildman–Crippen LogP) is 4.06. The summed E-state index contributed by atoms with van der Waals surface area (Å²) < 4.78 is 0. The summed E-state index contributed by atoms with van der Waals surface area (Å²) >= 11 is 1.76. The molecule has 2 rings (SSSR count). The van der Waals surface area contributed by atoms with E-state index in [9.17, 15) is 4.79 Å². The fourth-order valence-corrected chi connectivity index (χ4v) is 2.77. The molecule has 0 aliphatic rings. The largest absolute Gasteiger partial charge is 0.377 e. The average Bonchev–Trinajstić information content (AvgIpc) is 3.00. The molecule has 0 radical (unpaired) electrons. The number of hydrogen-bond acceptors (Lipinski definition) is 3. The fraction of sp³-hybridized carbons (Fsp3) is 0.267. The summed E-state index contributed by atoms with van der Waals surface area (Å²) in [5, 5.41) is 10.9. The van der Waals surface area contributed by atoms with E-state index in [4.69, 9.17) is 0 Å². The third-order valence-electron chi connectivity index (χ3n) is 3.01. The fourth-order valence-electron chi connectivity index (χ4n) is 1.91. The van der Waals surface area contributed by atoms with Crippen molar-refractivity contribution in [1.29, 1.82) is 0 Å². The first-order chi connectivity index (χ1) is 9.72. The molecule has 0 spiro atoms. The van der Waals surface area contributed by atoms with Crippen LogP contribution in [0.4, 0.5) is 16.2 Å². The normalized spacial score (nSPS) is 11.7. The van der Waals surface area contributed by atoms with Gasteiger partial charge in [0.25, 0.3) is 0 Å². The Morgan fingerprint density at radius 3 is 2.45 bits per heavy atom. The number of urea groups is 1. The van der Waals surface area contributed by atoms with E-state index in [0.717, 1.165) is 17.8 Å². The minimum Gasteiger partial charge on any atom is -0.377 e. The highest BCUT2D eigenvalue weighted by Crippen LogP contribution is 2.26. The molecular formula is C15H19N3OS. The van der Waals surface area contributed by atoms with Crippen molar-refractivity contribution in [1.82, 2.24) is 5.32 Å². The Kier molecular flexibility index (Phi) is 5.01. The smallest absolute Gasteiger partial charge is 0.318 e. The van der Waals surface area contributed by atoms with Crippen LogP contribution in [0.3, 0.4) is 0 Å². The summed E-state index contributed by atoms with van der Waals surface area (Å²) in [6, 6.07) is 12.1. The first kappa shape index (κ1) is 14.4. The number of rotatable bonds is 5. The standard InChI is InChI=1S/C15H19N3OS/c1-3-13(14-5-4-10-20-14)17-11-6-8-12(9-7-11)18-15(19)16-2/h4-10,13,17H,3H2,1-2H3,(H2,16,18,19). The Hall–Kier alpha value is -2.01. The molecule has 0 aliphatic carbocycles. The molecule has 0 fully saturated rings. The van der Waals surface area contributed by atoms with Gasteiger partial charge in [-0.1, -0.05) is 13.0 Å². The molecule has 2 amide bonds. The van der Waals surface area contributed by atoms with E-state index >= 15 is 0 Å². The van der Waals surface area contributed by atoms with Gasteiger partial charge in [0.05, 0.1) is 6.04 Å². The number of amides is 2. The Labute approximate surface area is 123 Å². The van der Waals surface area contributed by atoms with E-state index < -0.39 is 0 Å². The zero-order valence-electron chi connectivity index (χ0n) is 11.6. The molecular weight excluding hydrogens is 270 g/mol. The molecule has 1 aromatic carbocycles. The van der Waals surface area contributed by atoms with Gasteiger partial charge in [0.2, 0.25) is 0 Å². The van der Waals surface area contributed by atoms with E-state index in [-0.39, 0.29) is 6.03 Å². The van der Waals surface area contributed by atoms with Gasteiger partial charge in [-0.3, -0.25) is 0 Å². The average molecular weight is 289 g/mol. The number of thiophene rings is 1. The van der Waals surface area contributed by atoms with Crippen molar-refractivity contribution in [2.45, 2.75) is 19.4 Å². The summed E-state index contributed by atoms with van der Waals surface area (Å²) in [5.74, 6) is 0. The summed E-state index contributed by atoms with van der Waals surface area (Å²) in [6.45, 7) is 2.17. The number of anilines is 2. The second-order valence-electron chi connectivity index (χ2n) is 4.40. The van der Waals surface area contributed by atoms with Gasteiger partial charge in [-0.2, -0.15) is 0 Å². The molecule has 0 bridgehead atoms. The lowest BCUT2D eigenvalue weighted by Crippen LogP contribution is -2.24. The molecule has 0 saturated heterocycles. The van der Waals surface area contributed by atoms with Crippen LogP contribution >= 0.6 is 11.3 Å². The highest BCUT2D eigenvalue weighted by molar-refractivity contribution is 7.10. The highest BCUT2D eigenvalue weighted by atomic mass is 32.1. The van der Waals surface area contributed by atoms with Crippen LogP contribution in [-0.4, -0.2) is 13.1 Å². The SMILES string of the molecule is CCC(Nc1ccc(NC(=O)NC)cc1)c1cccs1. The molecule has 106 valence electrons. The van der Waals surface area contributed by atoms with Gasteiger partial charge in [-0.15, -0.1) is 11.3 Å². The van der Waals surface area contributed by atoms with Gasteiger partial charge in [0.15, 0.2) is 0 Å². The molecule has 1 heterocycles. The number of nitrogens with one attached hydrogen (secondary N) is 3. The first-order valence-corrected chi connectivity index (χ1v) is 7.49. The molecule has 1 aromatic heterocycles. The maximum atomic E-state index is 11.2. The predicted molar refractivity (Wildman–Crippen MR) is 85.5 cm³/mol. The molecule has 0 saturated carbocycles. The van der Waals surface area contributed by atoms with Gasteiger partial charge in [0, 0.05) is 23.3 Å². The van der Waals surface area contributed by atoms with Gasteiger partial charge in [-0.25, -0.2) is 4.79 Å². The lowest BCUT2D eigenvalue weighted by Gasteiger charge is -2.17. The summed E-state index contributed by atoms with van der Waals surface area (Å²) in [7, 11) is 1.60. The van der Waals surface area contributed by atoms with Crippen LogP contribution in [0.25, 0.3) is 0 Å². The molecule has 1 atom stereocenters. The number of hydrogen-bond donors (Lipinski definition) is 3. The van der Waals surface area contributed by atoms with E-state index in [1.165, 1.54) is 4.88 Å². The van der Waals surface area contributed by atoms with Crippen molar-refractivity contribution in [2.24, 2.45) is 0 Å². The topological polar surface area (TPSA) is 53.2 Å². The lowest BCUT2D eigenvalue weighted by atomic mass is 10.1. The van der Waals surface area contributed by atoms with E-state index in [0.29, 0.717) is 6.04 Å². The van der Waals surface area contributed by atoms with Crippen molar-refractivity contribution in [3.05, 3.63) is 46.7 Å². The van der Waals surface area contributed by atoms with Crippen molar-refractivity contribution in [3.8, 4) is 0 Å². The van der Waals surface area contributed by atoms with Crippen LogP contribution in [-0.2, 0) is 0 Å². The molecule has 0 aliphatic heterocycles. The van der Waals surface area contributed by atoms with Crippen molar-refractivity contribution >= 4 is 28.7 Å². The summed E-state index contributed by atoms with van der Waals surface area (Å²) in [5.41, 5.74) is 1.83. The third-order valence-corrected chi connectivity index (χ3v) is 3.99. The zero-order valence-corrected chi connectivity index (χ0v) is 12.5. The summed E-state index contributed by atoms with van der Waals surface area (Å²) in [4.78, 5) is 12.5. The second kappa shape index (κ2) is 6.96. The minimum atomic E-state index is -0.212. The molecule has 4 nitrogen and oxygen atoms in total. The summed E-state index contributed by atoms with van der Waals surface area (Å²) in [6.07, 6.45) is 1.03. The highest BCUT2D eigenvalue weighted by Gasteiger charge is 2.09. The van der Waals surface area contributed by atoms with E-state index in [1.54, 1.807) is 18.4 Å². The maximum Gasteiger partial charge on any atom is 0.318 e. The molecule has 5 heteroatoms. The Morgan fingerprint density at radius 2 is 1.90 bits per heavy atom. The van der Waals surface area contributed by atoms with Gasteiger partial charge >= 0.3 is 6.03 Å². The van der Waals surface area contributed by atoms with Gasteiger partial charge in [-0.05, 0) is 42.1 Å². The van der Waals surface area contributed by atoms with Crippen molar-refractivity contribution in [3.63, 3.8) is 0 Å². The van der Waals surface area contributed by atoms with E-state index in [1.807, 2.05) is 24.3 Å². The van der Waals surface area contributed by atoms with E-state index in [2.05, 4.69) is 40.4 Å². The number of benzene rings is 1. The van der Waals surface area contributed by atoms with Crippen LogP contribution in [0.15, 0.2) is 41.8 Å². The monoisotopic (exact) mass is 289 g/mol. The van der Waals surface area contributed by atoms with Crippen molar-refractivity contribution in [2.75, 3.05) is 17.7 Å². The Morgan fingerprint density at radius 1 is 1.20 bits per heavy atom. The van der Waals surface area contributed by atoms with Crippen LogP contribution in [0, 0.1) is 0 Å². The van der Waals surface area contributed by atoms with Crippen LogP contribution < -0.4 is 16.0 Å². The number of carbonyl (C=O) groups is 1. The maximum absolute atomic E-state index is 11.2. The van der Waals surface area contributed by atoms with Crippen LogP contribution in [0.2, 0.25) is 0 Å². The van der Waals surface area contributed by atoms with Crippen molar-refractivity contribution < 1.29 is 4.79 Å². The zero-order chi connectivity index (χ0) is 14.4. The van der Waals surface area contributed by atoms with Gasteiger partial charge in [0.1, 0.15) is 0 Å².